The molecular formula is C19H20N4O5. The van der Waals surface area contributed by atoms with Crippen LogP contribution in [0.1, 0.15) is 23.0 Å². The Morgan fingerprint density at radius 2 is 1.61 bits per heavy atom. The zero-order chi connectivity index (χ0) is 20.8. The first-order valence-corrected chi connectivity index (χ1v) is 8.46. The van der Waals surface area contributed by atoms with E-state index in [-0.39, 0.29) is 16.7 Å². The van der Waals surface area contributed by atoms with Crippen LogP contribution in [0, 0.1) is 0 Å². The van der Waals surface area contributed by atoms with Crippen molar-refractivity contribution in [2.75, 3.05) is 0 Å². The number of aliphatic carboxylic acids is 1. The molecule has 0 aliphatic rings. The summed E-state index contributed by atoms with van der Waals surface area (Å²) in [5.41, 5.74) is -1.99. The third kappa shape index (κ3) is 2.72. The van der Waals surface area contributed by atoms with Gasteiger partial charge in [-0.05, 0) is 18.6 Å². The van der Waals surface area contributed by atoms with Gasteiger partial charge in [-0.2, -0.15) is 0 Å². The lowest BCUT2D eigenvalue weighted by Crippen LogP contribution is -2.49. The molecule has 1 amide bonds. The van der Waals surface area contributed by atoms with Gasteiger partial charge in [0, 0.05) is 21.1 Å². The summed E-state index contributed by atoms with van der Waals surface area (Å²) in [5.74, 6) is -1.91. The number of aromatic nitrogens is 3. The van der Waals surface area contributed by atoms with Crippen molar-refractivity contribution in [3.63, 3.8) is 0 Å². The summed E-state index contributed by atoms with van der Waals surface area (Å²) in [5, 5.41) is 12.5. The van der Waals surface area contributed by atoms with Gasteiger partial charge in [0.1, 0.15) is 11.3 Å². The van der Waals surface area contributed by atoms with E-state index in [2.05, 4.69) is 5.32 Å². The van der Waals surface area contributed by atoms with Gasteiger partial charge >= 0.3 is 11.7 Å². The fourth-order valence-corrected chi connectivity index (χ4v) is 3.27. The van der Waals surface area contributed by atoms with Crippen LogP contribution in [-0.4, -0.2) is 30.7 Å². The van der Waals surface area contributed by atoms with Crippen molar-refractivity contribution in [2.45, 2.75) is 12.5 Å². The summed E-state index contributed by atoms with van der Waals surface area (Å²) >= 11 is 0. The number of carboxylic acid groups (broad SMARTS) is 1. The Morgan fingerprint density at radius 1 is 1.00 bits per heavy atom. The second kappa shape index (κ2) is 6.52. The van der Waals surface area contributed by atoms with Gasteiger partial charge < -0.3 is 15.0 Å². The predicted octanol–water partition coefficient (Wildman–Crippen LogP) is 0.305. The van der Waals surface area contributed by atoms with Crippen LogP contribution in [-0.2, 0) is 31.5 Å². The quantitative estimate of drug-likeness (QED) is 0.672. The average Bonchev–Trinajstić information content (AvgIpc) is 3.02. The molecule has 0 saturated carbocycles. The molecule has 0 aliphatic carbocycles. The van der Waals surface area contributed by atoms with Crippen molar-refractivity contribution >= 4 is 22.9 Å². The first-order chi connectivity index (χ1) is 13.1. The molecule has 146 valence electrons. The molecule has 1 aromatic carbocycles. The van der Waals surface area contributed by atoms with E-state index < -0.39 is 28.7 Å². The molecule has 0 saturated heterocycles. The molecule has 1 unspecified atom stereocenters. The number of amides is 1. The highest BCUT2D eigenvalue weighted by molar-refractivity contribution is 6.00. The molecule has 3 aromatic rings. The van der Waals surface area contributed by atoms with Gasteiger partial charge in [0.15, 0.2) is 5.54 Å². The molecule has 0 aliphatic heterocycles. The average molecular weight is 384 g/mol. The van der Waals surface area contributed by atoms with Crippen LogP contribution in [0.4, 0.5) is 0 Å². The molecule has 0 fully saturated rings. The minimum atomic E-state index is -1.67. The highest BCUT2D eigenvalue weighted by Crippen LogP contribution is 2.22. The standard InChI is InChI=1S/C19H20N4O5/c1-19(17(26)27,11-8-6-5-7-9-11)20-14(24)13-10-12-15(21(13)2)22(3)18(28)23(4)16(12)25/h5-10H,1-4H3,(H,20,24)(H,26,27). The first-order valence-electron chi connectivity index (χ1n) is 8.46. The maximum atomic E-state index is 12.9. The molecule has 1 atom stereocenters. The lowest BCUT2D eigenvalue weighted by atomic mass is 9.92. The van der Waals surface area contributed by atoms with E-state index in [1.807, 2.05) is 0 Å². The van der Waals surface area contributed by atoms with Crippen molar-refractivity contribution in [2.24, 2.45) is 21.1 Å². The zero-order valence-electron chi connectivity index (χ0n) is 15.9. The second-order valence-corrected chi connectivity index (χ2v) is 6.78. The number of benzene rings is 1. The largest absolute Gasteiger partial charge is 0.479 e. The zero-order valence-corrected chi connectivity index (χ0v) is 15.9. The van der Waals surface area contributed by atoms with Gasteiger partial charge in [-0.15, -0.1) is 0 Å². The third-order valence-corrected chi connectivity index (χ3v) is 5.00. The van der Waals surface area contributed by atoms with Crippen molar-refractivity contribution in [1.29, 1.82) is 0 Å². The van der Waals surface area contributed by atoms with E-state index in [0.717, 1.165) is 4.57 Å². The maximum Gasteiger partial charge on any atom is 0.333 e. The van der Waals surface area contributed by atoms with E-state index in [4.69, 9.17) is 0 Å². The number of carboxylic acids is 1. The SMILES string of the molecule is Cn1c(=O)c2cc(C(=O)NC(C)(C(=O)O)c3ccccc3)n(C)c2n(C)c1=O. The Kier molecular flexibility index (Phi) is 4.46. The van der Waals surface area contributed by atoms with E-state index in [0.29, 0.717) is 5.56 Å². The molecule has 0 bridgehead atoms. The number of rotatable bonds is 4. The smallest absolute Gasteiger partial charge is 0.333 e. The number of carbonyl (C=O) groups excluding carboxylic acids is 1. The Hall–Kier alpha value is -3.62. The molecule has 0 spiro atoms. The third-order valence-electron chi connectivity index (χ3n) is 5.00. The van der Waals surface area contributed by atoms with Crippen LogP contribution in [0.15, 0.2) is 46.0 Å². The second-order valence-electron chi connectivity index (χ2n) is 6.78. The van der Waals surface area contributed by atoms with E-state index in [9.17, 15) is 24.3 Å². The minimum absolute atomic E-state index is 0.0664. The summed E-state index contributed by atoms with van der Waals surface area (Å²) in [7, 11) is 4.39. The lowest BCUT2D eigenvalue weighted by molar-refractivity contribution is -0.144. The van der Waals surface area contributed by atoms with Gasteiger partial charge in [-0.3, -0.25) is 18.7 Å². The van der Waals surface area contributed by atoms with Gasteiger partial charge in [0.05, 0.1) is 5.39 Å². The Balaban J connectivity index is 2.14. The molecule has 2 heterocycles. The van der Waals surface area contributed by atoms with Crippen LogP contribution in [0.2, 0.25) is 0 Å². The topological polar surface area (TPSA) is 115 Å². The van der Waals surface area contributed by atoms with Crippen molar-refractivity contribution in [3.05, 3.63) is 68.5 Å². The molecule has 3 rings (SSSR count). The van der Waals surface area contributed by atoms with Gasteiger partial charge in [-0.25, -0.2) is 9.59 Å². The highest BCUT2D eigenvalue weighted by Gasteiger charge is 2.37. The predicted molar refractivity (Wildman–Crippen MR) is 102 cm³/mol. The molecule has 0 radical (unpaired) electrons. The van der Waals surface area contributed by atoms with E-state index in [1.165, 1.54) is 43.3 Å². The minimum Gasteiger partial charge on any atom is -0.479 e. The number of nitrogens with zero attached hydrogens (tertiary/aromatic N) is 3. The van der Waals surface area contributed by atoms with Crippen LogP contribution in [0.25, 0.3) is 11.0 Å². The van der Waals surface area contributed by atoms with Gasteiger partial charge in [-0.1, -0.05) is 30.3 Å². The van der Waals surface area contributed by atoms with E-state index >= 15 is 0 Å². The van der Waals surface area contributed by atoms with Crippen molar-refractivity contribution < 1.29 is 14.7 Å². The van der Waals surface area contributed by atoms with Crippen LogP contribution in [0.3, 0.4) is 0 Å². The van der Waals surface area contributed by atoms with Gasteiger partial charge in [0.2, 0.25) is 0 Å². The maximum absolute atomic E-state index is 12.9. The lowest BCUT2D eigenvalue weighted by Gasteiger charge is -2.26. The molecular weight excluding hydrogens is 364 g/mol. The van der Waals surface area contributed by atoms with Crippen molar-refractivity contribution in [3.8, 4) is 0 Å². The Labute approximate surface area is 159 Å². The molecule has 2 aromatic heterocycles. The first kappa shape index (κ1) is 19.2. The number of carbonyl (C=O) groups is 2. The monoisotopic (exact) mass is 384 g/mol. The molecule has 28 heavy (non-hydrogen) atoms. The van der Waals surface area contributed by atoms with Crippen LogP contribution >= 0.6 is 0 Å². The fourth-order valence-electron chi connectivity index (χ4n) is 3.27. The molecule has 9 nitrogen and oxygen atoms in total. The summed E-state index contributed by atoms with van der Waals surface area (Å²) in [6.45, 7) is 1.39. The number of nitrogens with one attached hydrogen (secondary N) is 1. The fraction of sp³-hybridized carbons (Fsp3) is 0.263. The summed E-state index contributed by atoms with van der Waals surface area (Å²) < 4.78 is 3.62. The number of hydrogen-bond donors (Lipinski definition) is 2. The Morgan fingerprint density at radius 3 is 2.18 bits per heavy atom. The number of fused-ring (bicyclic) bond motifs is 1. The number of aryl methyl sites for hydroxylation is 2. The summed E-state index contributed by atoms with van der Waals surface area (Å²) in [4.78, 5) is 49.4. The molecule has 2 N–H and O–H groups in total. The number of hydrogen-bond acceptors (Lipinski definition) is 4. The van der Waals surface area contributed by atoms with Crippen LogP contribution < -0.4 is 16.6 Å². The molecule has 9 heteroatoms. The van der Waals surface area contributed by atoms with Crippen LogP contribution in [0.5, 0.6) is 0 Å². The van der Waals surface area contributed by atoms with Crippen molar-refractivity contribution in [1.82, 2.24) is 19.0 Å². The van der Waals surface area contributed by atoms with E-state index in [1.54, 1.807) is 30.3 Å². The normalized spacial score (nSPS) is 13.3. The highest BCUT2D eigenvalue weighted by atomic mass is 16.4. The summed E-state index contributed by atoms with van der Waals surface area (Å²) in [6, 6.07) is 9.68. The van der Waals surface area contributed by atoms with Gasteiger partial charge in [0.25, 0.3) is 11.5 Å². The summed E-state index contributed by atoms with van der Waals surface area (Å²) in [6.07, 6.45) is 0. The Bertz CT molecular complexity index is 1220.